The number of hydrogen-bond donors (Lipinski definition) is 0. The van der Waals surface area contributed by atoms with E-state index in [9.17, 15) is 0 Å². The van der Waals surface area contributed by atoms with Gasteiger partial charge in [0, 0.05) is 13.1 Å². The predicted octanol–water partition coefficient (Wildman–Crippen LogP) is 1.40. The molecule has 62 valence electrons. The second-order valence-electron chi connectivity index (χ2n) is 2.82. The van der Waals surface area contributed by atoms with E-state index < -0.39 is 0 Å². The highest BCUT2D eigenvalue weighted by molar-refractivity contribution is 5.25. The summed E-state index contributed by atoms with van der Waals surface area (Å²) in [6.45, 7) is 1.84. The SMILES string of the molecule is N#CC=C(C#N)N1CCCCC1. The maximum Gasteiger partial charge on any atom is 0.126 e. The van der Waals surface area contributed by atoms with Gasteiger partial charge in [-0.25, -0.2) is 0 Å². The molecule has 3 heteroatoms. The normalized spacial score (nSPS) is 18.2. The lowest BCUT2D eigenvalue weighted by molar-refractivity contribution is 0.295. The van der Waals surface area contributed by atoms with E-state index in [-0.39, 0.29) is 0 Å². The van der Waals surface area contributed by atoms with Gasteiger partial charge in [0.1, 0.15) is 11.8 Å². The molecule has 0 atom stereocenters. The Labute approximate surface area is 72.5 Å². The van der Waals surface area contributed by atoms with Crippen LogP contribution in [0, 0.1) is 22.7 Å². The van der Waals surface area contributed by atoms with Crippen LogP contribution in [0.3, 0.4) is 0 Å². The number of piperidine rings is 1. The van der Waals surface area contributed by atoms with Crippen molar-refractivity contribution in [1.29, 1.82) is 10.5 Å². The second kappa shape index (κ2) is 4.41. The Hall–Kier alpha value is -1.48. The minimum absolute atomic E-state index is 0.511. The molecule has 0 spiro atoms. The van der Waals surface area contributed by atoms with Gasteiger partial charge in [0.05, 0.1) is 12.1 Å². The van der Waals surface area contributed by atoms with E-state index in [1.807, 2.05) is 17.0 Å². The molecule has 0 saturated carbocycles. The molecule has 1 saturated heterocycles. The van der Waals surface area contributed by atoms with Crippen LogP contribution in [0.15, 0.2) is 11.8 Å². The van der Waals surface area contributed by atoms with Crippen molar-refractivity contribution in [2.45, 2.75) is 19.3 Å². The summed E-state index contributed by atoms with van der Waals surface area (Å²) >= 11 is 0. The first-order valence-electron chi connectivity index (χ1n) is 4.13. The fourth-order valence-electron chi connectivity index (χ4n) is 1.39. The summed E-state index contributed by atoms with van der Waals surface area (Å²) in [5, 5.41) is 17.1. The van der Waals surface area contributed by atoms with Crippen LogP contribution in [0.1, 0.15) is 19.3 Å². The van der Waals surface area contributed by atoms with Gasteiger partial charge in [0.2, 0.25) is 0 Å². The van der Waals surface area contributed by atoms with Crippen molar-refractivity contribution in [3.63, 3.8) is 0 Å². The van der Waals surface area contributed by atoms with Crippen molar-refractivity contribution in [2.24, 2.45) is 0 Å². The van der Waals surface area contributed by atoms with Crippen molar-refractivity contribution in [1.82, 2.24) is 4.90 Å². The summed E-state index contributed by atoms with van der Waals surface area (Å²) in [6, 6.07) is 3.93. The molecular weight excluding hydrogens is 150 g/mol. The molecule has 1 fully saturated rings. The van der Waals surface area contributed by atoms with Gasteiger partial charge in [-0.15, -0.1) is 0 Å². The summed E-state index contributed by atoms with van der Waals surface area (Å²) < 4.78 is 0. The summed E-state index contributed by atoms with van der Waals surface area (Å²) in [6.07, 6.45) is 4.82. The first-order chi connectivity index (χ1) is 5.88. The van der Waals surface area contributed by atoms with Crippen molar-refractivity contribution in [2.75, 3.05) is 13.1 Å². The van der Waals surface area contributed by atoms with Crippen molar-refractivity contribution in [3.05, 3.63) is 11.8 Å². The standard InChI is InChI=1S/C9H11N3/c10-5-4-9(8-11)12-6-2-1-3-7-12/h4H,1-3,6-7H2. The summed E-state index contributed by atoms with van der Waals surface area (Å²) in [5.41, 5.74) is 0.511. The lowest BCUT2D eigenvalue weighted by Crippen LogP contribution is -2.28. The van der Waals surface area contributed by atoms with Gasteiger partial charge in [-0.05, 0) is 19.3 Å². The molecule has 1 aliphatic heterocycles. The molecule has 1 aliphatic rings. The highest BCUT2D eigenvalue weighted by Gasteiger charge is 2.12. The zero-order valence-corrected chi connectivity index (χ0v) is 6.95. The van der Waals surface area contributed by atoms with Crippen molar-refractivity contribution >= 4 is 0 Å². The summed E-state index contributed by atoms with van der Waals surface area (Å²) in [5.74, 6) is 0. The van der Waals surface area contributed by atoms with E-state index in [0.717, 1.165) is 25.9 Å². The molecule has 0 aromatic rings. The number of likely N-dealkylation sites (tertiary alicyclic amines) is 1. The zero-order chi connectivity index (χ0) is 8.81. The first kappa shape index (κ1) is 8.62. The van der Waals surface area contributed by atoms with E-state index in [4.69, 9.17) is 10.5 Å². The van der Waals surface area contributed by atoms with Crippen LogP contribution in [0.25, 0.3) is 0 Å². The topological polar surface area (TPSA) is 50.8 Å². The number of hydrogen-bond acceptors (Lipinski definition) is 3. The van der Waals surface area contributed by atoms with Gasteiger partial charge in [0.15, 0.2) is 0 Å². The Balaban J connectivity index is 2.61. The van der Waals surface area contributed by atoms with Crippen LogP contribution in [-0.4, -0.2) is 18.0 Å². The minimum atomic E-state index is 0.511. The van der Waals surface area contributed by atoms with Crippen LogP contribution in [0.2, 0.25) is 0 Å². The Morgan fingerprint density at radius 2 is 1.83 bits per heavy atom. The van der Waals surface area contributed by atoms with Crippen LogP contribution in [0.5, 0.6) is 0 Å². The van der Waals surface area contributed by atoms with E-state index in [1.54, 1.807) is 0 Å². The third-order valence-corrected chi connectivity index (χ3v) is 2.01. The van der Waals surface area contributed by atoms with Gasteiger partial charge in [0.25, 0.3) is 0 Å². The lowest BCUT2D eigenvalue weighted by Gasteiger charge is -2.26. The number of nitrogens with zero attached hydrogens (tertiary/aromatic N) is 3. The highest BCUT2D eigenvalue weighted by atomic mass is 15.1. The summed E-state index contributed by atoms with van der Waals surface area (Å²) in [4.78, 5) is 1.98. The van der Waals surface area contributed by atoms with Crippen LogP contribution >= 0.6 is 0 Å². The molecule has 0 amide bonds. The Morgan fingerprint density at radius 3 is 2.33 bits per heavy atom. The highest BCUT2D eigenvalue weighted by Crippen LogP contribution is 2.13. The van der Waals surface area contributed by atoms with E-state index >= 15 is 0 Å². The fraction of sp³-hybridized carbons (Fsp3) is 0.556. The monoisotopic (exact) mass is 161 g/mol. The Bertz CT molecular complexity index is 248. The third-order valence-electron chi connectivity index (χ3n) is 2.01. The molecule has 0 aromatic heterocycles. The Morgan fingerprint density at radius 1 is 1.17 bits per heavy atom. The van der Waals surface area contributed by atoms with Crippen LogP contribution < -0.4 is 0 Å². The molecular formula is C9H11N3. The molecule has 12 heavy (non-hydrogen) atoms. The number of allylic oxidation sites excluding steroid dienone is 2. The van der Waals surface area contributed by atoms with Crippen LogP contribution in [0.4, 0.5) is 0 Å². The van der Waals surface area contributed by atoms with E-state index in [2.05, 4.69) is 0 Å². The molecule has 0 N–H and O–H groups in total. The predicted molar refractivity (Wildman–Crippen MR) is 44.7 cm³/mol. The zero-order valence-electron chi connectivity index (χ0n) is 6.95. The largest absolute Gasteiger partial charge is 0.362 e. The van der Waals surface area contributed by atoms with Gasteiger partial charge < -0.3 is 4.90 Å². The summed E-state index contributed by atoms with van der Waals surface area (Å²) in [7, 11) is 0. The molecule has 1 heterocycles. The van der Waals surface area contributed by atoms with Gasteiger partial charge in [-0.2, -0.15) is 10.5 Å². The molecule has 1 rings (SSSR count). The number of rotatable bonds is 1. The minimum Gasteiger partial charge on any atom is -0.362 e. The molecule has 0 unspecified atom stereocenters. The molecule has 0 aliphatic carbocycles. The van der Waals surface area contributed by atoms with Gasteiger partial charge >= 0.3 is 0 Å². The van der Waals surface area contributed by atoms with Crippen molar-refractivity contribution in [3.8, 4) is 12.1 Å². The number of nitriles is 2. The van der Waals surface area contributed by atoms with E-state index in [1.165, 1.54) is 12.5 Å². The maximum absolute atomic E-state index is 8.70. The lowest BCUT2D eigenvalue weighted by atomic mass is 10.1. The molecule has 0 bridgehead atoms. The van der Waals surface area contributed by atoms with E-state index in [0.29, 0.717) is 5.70 Å². The Kier molecular flexibility index (Phi) is 3.17. The smallest absolute Gasteiger partial charge is 0.126 e. The average Bonchev–Trinajstić information content (AvgIpc) is 2.15. The fourth-order valence-corrected chi connectivity index (χ4v) is 1.39. The average molecular weight is 161 g/mol. The molecule has 3 nitrogen and oxygen atoms in total. The van der Waals surface area contributed by atoms with Gasteiger partial charge in [-0.3, -0.25) is 0 Å². The van der Waals surface area contributed by atoms with Crippen molar-refractivity contribution < 1.29 is 0 Å². The van der Waals surface area contributed by atoms with Gasteiger partial charge in [-0.1, -0.05) is 0 Å². The molecule has 0 aromatic carbocycles. The maximum atomic E-state index is 8.70. The first-order valence-corrected chi connectivity index (χ1v) is 4.13. The van der Waals surface area contributed by atoms with Crippen LogP contribution in [-0.2, 0) is 0 Å². The third kappa shape index (κ3) is 2.00. The molecule has 0 radical (unpaired) electrons. The quantitative estimate of drug-likeness (QED) is 0.546. The second-order valence-corrected chi connectivity index (χ2v) is 2.82.